The topological polar surface area (TPSA) is 63.4 Å². The van der Waals surface area contributed by atoms with Gasteiger partial charge in [-0.2, -0.15) is 0 Å². The Kier molecular flexibility index (Phi) is 5.23. The Balaban J connectivity index is 1.28. The lowest BCUT2D eigenvalue weighted by atomic mass is 9.95. The van der Waals surface area contributed by atoms with Gasteiger partial charge < -0.3 is 4.90 Å². The van der Waals surface area contributed by atoms with Gasteiger partial charge in [-0.1, -0.05) is 18.9 Å². The molecule has 1 saturated carbocycles. The van der Waals surface area contributed by atoms with Crippen molar-refractivity contribution < 1.29 is 4.79 Å². The van der Waals surface area contributed by atoms with E-state index in [1.165, 1.54) is 25.7 Å². The molecule has 0 N–H and O–H groups in total. The van der Waals surface area contributed by atoms with Crippen molar-refractivity contribution >= 4 is 23.3 Å². The normalized spacial score (nSPS) is 18.6. The van der Waals surface area contributed by atoms with Gasteiger partial charge in [0.25, 0.3) is 5.91 Å². The van der Waals surface area contributed by atoms with Gasteiger partial charge in [0.15, 0.2) is 5.65 Å². The van der Waals surface area contributed by atoms with Crippen molar-refractivity contribution in [3.63, 3.8) is 0 Å². The van der Waals surface area contributed by atoms with E-state index in [1.54, 1.807) is 18.0 Å². The number of pyridine rings is 2. The number of hydrogen-bond acceptors (Lipinski definition) is 5. The predicted octanol–water partition coefficient (Wildman–Crippen LogP) is 4.18. The molecule has 5 rings (SSSR count). The number of rotatable bonds is 4. The largest absolute Gasteiger partial charge is 0.339 e. The maximum Gasteiger partial charge on any atom is 0.256 e. The van der Waals surface area contributed by atoms with Gasteiger partial charge >= 0.3 is 0 Å². The fourth-order valence-electron chi connectivity index (χ4n) is 4.46. The third-order valence-corrected chi connectivity index (χ3v) is 7.42. The number of hydrogen-bond donors (Lipinski definition) is 0. The summed E-state index contributed by atoms with van der Waals surface area (Å²) in [6.07, 6.45) is 10.7. The summed E-state index contributed by atoms with van der Waals surface area (Å²) in [7, 11) is 0. The van der Waals surface area contributed by atoms with E-state index in [0.717, 1.165) is 48.0 Å². The van der Waals surface area contributed by atoms with Crippen molar-refractivity contribution in [1.82, 2.24) is 24.5 Å². The van der Waals surface area contributed by atoms with Crippen molar-refractivity contribution in [3.8, 4) is 0 Å². The second-order valence-electron chi connectivity index (χ2n) is 7.93. The molecule has 0 aromatic carbocycles. The fraction of sp³-hybridized carbons (Fsp3) is 0.455. The van der Waals surface area contributed by atoms with Crippen LogP contribution in [0.2, 0.25) is 0 Å². The number of carbonyl (C=O) groups is 1. The lowest BCUT2D eigenvalue weighted by molar-refractivity contribution is 0.0706. The molecule has 1 saturated heterocycles. The first-order valence-electron chi connectivity index (χ1n) is 10.5. The van der Waals surface area contributed by atoms with Gasteiger partial charge in [0.2, 0.25) is 0 Å². The average Bonchev–Trinajstić information content (AvgIpc) is 3.44. The highest BCUT2D eigenvalue weighted by Crippen LogP contribution is 2.36. The maximum absolute atomic E-state index is 13.2. The molecular formula is C22H25N5OS. The van der Waals surface area contributed by atoms with Crippen LogP contribution in [0.3, 0.4) is 0 Å². The van der Waals surface area contributed by atoms with Crippen LogP contribution < -0.4 is 0 Å². The SMILES string of the molecule is O=C(c1cccnc1SC1CCCC1)N1CCC(c2nnc3ccccn23)CC1. The van der Waals surface area contributed by atoms with Crippen LogP contribution in [0.5, 0.6) is 0 Å². The molecule has 4 heterocycles. The molecule has 0 atom stereocenters. The summed E-state index contributed by atoms with van der Waals surface area (Å²) in [4.78, 5) is 19.8. The van der Waals surface area contributed by atoms with Crippen LogP contribution in [0.4, 0.5) is 0 Å². The third kappa shape index (κ3) is 3.75. The second kappa shape index (κ2) is 8.14. The molecule has 1 aliphatic carbocycles. The average molecular weight is 408 g/mol. The highest BCUT2D eigenvalue weighted by atomic mass is 32.2. The van der Waals surface area contributed by atoms with E-state index in [1.807, 2.05) is 41.4 Å². The van der Waals surface area contributed by atoms with Crippen molar-refractivity contribution in [1.29, 1.82) is 0 Å². The molecule has 0 spiro atoms. The Morgan fingerprint density at radius 2 is 1.83 bits per heavy atom. The molecule has 3 aromatic heterocycles. The van der Waals surface area contributed by atoms with Crippen molar-refractivity contribution in [2.24, 2.45) is 0 Å². The van der Waals surface area contributed by atoms with E-state index in [9.17, 15) is 4.79 Å². The van der Waals surface area contributed by atoms with Crippen LogP contribution in [0, 0.1) is 0 Å². The first-order chi connectivity index (χ1) is 14.3. The minimum Gasteiger partial charge on any atom is -0.339 e. The van der Waals surface area contributed by atoms with Crippen LogP contribution in [0.15, 0.2) is 47.8 Å². The van der Waals surface area contributed by atoms with E-state index in [2.05, 4.69) is 19.6 Å². The van der Waals surface area contributed by atoms with Crippen molar-refractivity contribution in [2.75, 3.05) is 13.1 Å². The Hall–Kier alpha value is -2.41. The standard InChI is InChI=1S/C22H25N5OS/c28-22(18-8-5-12-23-21(18)29-17-6-1-2-7-17)26-14-10-16(11-15-26)20-25-24-19-9-3-4-13-27(19)20/h3-5,8-9,12-13,16-17H,1-2,6-7,10-11,14-15H2. The quantitative estimate of drug-likeness (QED) is 0.649. The third-order valence-electron chi connectivity index (χ3n) is 6.07. The lowest BCUT2D eigenvalue weighted by Gasteiger charge is -2.31. The van der Waals surface area contributed by atoms with E-state index in [-0.39, 0.29) is 5.91 Å². The number of amides is 1. The highest BCUT2D eigenvalue weighted by Gasteiger charge is 2.29. The van der Waals surface area contributed by atoms with Gasteiger partial charge in [-0.15, -0.1) is 22.0 Å². The smallest absolute Gasteiger partial charge is 0.256 e. The lowest BCUT2D eigenvalue weighted by Crippen LogP contribution is -2.38. The molecule has 0 radical (unpaired) electrons. The van der Waals surface area contributed by atoms with E-state index in [4.69, 9.17) is 0 Å². The predicted molar refractivity (Wildman–Crippen MR) is 113 cm³/mol. The summed E-state index contributed by atoms with van der Waals surface area (Å²) in [6.45, 7) is 1.49. The van der Waals surface area contributed by atoms with Gasteiger partial charge in [0.05, 0.1) is 5.56 Å². The summed E-state index contributed by atoms with van der Waals surface area (Å²) in [5, 5.41) is 10.2. The Labute approximate surface area is 174 Å². The molecule has 7 heteroatoms. The molecule has 29 heavy (non-hydrogen) atoms. The summed E-state index contributed by atoms with van der Waals surface area (Å²) >= 11 is 1.79. The first-order valence-corrected chi connectivity index (χ1v) is 11.4. The molecule has 2 fully saturated rings. The van der Waals surface area contributed by atoms with Crippen LogP contribution in [0.1, 0.15) is 60.6 Å². The fourth-order valence-corrected chi connectivity index (χ4v) is 5.75. The molecule has 6 nitrogen and oxygen atoms in total. The molecular weight excluding hydrogens is 382 g/mol. The molecule has 150 valence electrons. The van der Waals surface area contributed by atoms with E-state index in [0.29, 0.717) is 11.2 Å². The highest BCUT2D eigenvalue weighted by molar-refractivity contribution is 7.99. The zero-order valence-electron chi connectivity index (χ0n) is 16.4. The van der Waals surface area contributed by atoms with E-state index < -0.39 is 0 Å². The second-order valence-corrected chi connectivity index (χ2v) is 9.22. The zero-order chi connectivity index (χ0) is 19.6. The van der Waals surface area contributed by atoms with Crippen molar-refractivity contribution in [2.45, 2.75) is 54.7 Å². The Morgan fingerprint density at radius 3 is 2.66 bits per heavy atom. The molecule has 1 aliphatic heterocycles. The van der Waals surface area contributed by atoms with Crippen LogP contribution in [0.25, 0.3) is 5.65 Å². The number of thioether (sulfide) groups is 1. The Bertz CT molecular complexity index is 1010. The van der Waals surface area contributed by atoms with Gasteiger partial charge in [0.1, 0.15) is 10.9 Å². The first kappa shape index (κ1) is 18.6. The maximum atomic E-state index is 13.2. The molecule has 0 unspecified atom stereocenters. The number of fused-ring (bicyclic) bond motifs is 1. The van der Waals surface area contributed by atoms with Gasteiger partial charge in [-0.05, 0) is 49.9 Å². The summed E-state index contributed by atoms with van der Waals surface area (Å²) in [5.74, 6) is 1.45. The Morgan fingerprint density at radius 1 is 1.00 bits per heavy atom. The number of likely N-dealkylation sites (tertiary alicyclic amines) is 1. The minimum absolute atomic E-state index is 0.114. The summed E-state index contributed by atoms with van der Waals surface area (Å²) in [5.41, 5.74) is 1.64. The molecule has 0 bridgehead atoms. The number of piperidine rings is 1. The number of nitrogens with zero attached hydrogens (tertiary/aromatic N) is 5. The molecule has 2 aliphatic rings. The zero-order valence-corrected chi connectivity index (χ0v) is 17.2. The monoisotopic (exact) mass is 407 g/mol. The van der Waals surface area contributed by atoms with Gasteiger partial charge in [0, 0.05) is 36.7 Å². The minimum atomic E-state index is 0.114. The molecule has 3 aromatic rings. The number of carbonyl (C=O) groups excluding carboxylic acids is 1. The van der Waals surface area contributed by atoms with Crippen molar-refractivity contribution in [3.05, 3.63) is 54.1 Å². The van der Waals surface area contributed by atoms with E-state index >= 15 is 0 Å². The summed E-state index contributed by atoms with van der Waals surface area (Å²) in [6, 6.07) is 9.77. The van der Waals surface area contributed by atoms with Crippen LogP contribution >= 0.6 is 11.8 Å². The summed E-state index contributed by atoms with van der Waals surface area (Å²) < 4.78 is 2.07. The van der Waals surface area contributed by atoms with Gasteiger partial charge in [-0.3, -0.25) is 9.20 Å². The van der Waals surface area contributed by atoms with Gasteiger partial charge in [-0.25, -0.2) is 4.98 Å². The van der Waals surface area contributed by atoms with Crippen LogP contribution in [-0.4, -0.2) is 48.7 Å². The number of aromatic nitrogens is 4. The van der Waals surface area contributed by atoms with Crippen LogP contribution in [-0.2, 0) is 0 Å². The molecule has 1 amide bonds.